The van der Waals surface area contributed by atoms with Crippen LogP contribution in [0.4, 0.5) is 0 Å². The average molecular weight is 239 g/mol. The highest BCUT2D eigenvalue weighted by Crippen LogP contribution is 2.29. The molecule has 1 aliphatic heterocycles. The largest absolute Gasteiger partial charge is 0.371 e. The minimum absolute atomic E-state index is 0.0813. The molecule has 2 heterocycles. The Labute approximate surface area is 102 Å². The second-order valence-corrected chi connectivity index (χ2v) is 6.00. The Hall–Kier alpha value is -0.380. The average Bonchev–Trinajstić information content (AvgIpc) is 2.83. The molecule has 0 aliphatic carbocycles. The van der Waals surface area contributed by atoms with E-state index in [4.69, 9.17) is 4.74 Å². The third-order valence-corrected chi connectivity index (χ3v) is 3.95. The summed E-state index contributed by atoms with van der Waals surface area (Å²) in [4.78, 5) is 0. The monoisotopic (exact) mass is 239 g/mol. The smallest absolute Gasteiger partial charge is 0.0708 e. The molecule has 1 aromatic rings. The van der Waals surface area contributed by atoms with Crippen LogP contribution >= 0.6 is 11.3 Å². The van der Waals surface area contributed by atoms with Gasteiger partial charge in [-0.1, -0.05) is 0 Å². The normalized spacial score (nSPS) is 25.8. The second kappa shape index (κ2) is 4.86. The van der Waals surface area contributed by atoms with Crippen LogP contribution in [0.15, 0.2) is 16.8 Å². The minimum Gasteiger partial charge on any atom is -0.371 e. The quantitative estimate of drug-likeness (QED) is 0.870. The van der Waals surface area contributed by atoms with Gasteiger partial charge in [-0.05, 0) is 56.0 Å². The van der Waals surface area contributed by atoms with E-state index in [2.05, 4.69) is 42.9 Å². The maximum absolute atomic E-state index is 5.96. The summed E-state index contributed by atoms with van der Waals surface area (Å²) in [7, 11) is 0. The second-order valence-electron chi connectivity index (χ2n) is 5.22. The van der Waals surface area contributed by atoms with Crippen molar-refractivity contribution < 1.29 is 4.74 Å². The Bertz CT molecular complexity index is 321. The molecule has 2 nitrogen and oxygen atoms in total. The maximum Gasteiger partial charge on any atom is 0.0708 e. The fraction of sp³-hybridized carbons (Fsp3) is 0.692. The summed E-state index contributed by atoms with van der Waals surface area (Å²) in [5.41, 5.74) is 1.46. The summed E-state index contributed by atoms with van der Waals surface area (Å²) in [5.74, 6) is 0. The number of hydrogen-bond acceptors (Lipinski definition) is 3. The van der Waals surface area contributed by atoms with Crippen molar-refractivity contribution in [3.05, 3.63) is 22.4 Å². The zero-order chi connectivity index (χ0) is 11.6. The van der Waals surface area contributed by atoms with Crippen molar-refractivity contribution in [3.8, 4) is 0 Å². The molecule has 0 amide bonds. The fourth-order valence-corrected chi connectivity index (χ4v) is 2.92. The Balaban J connectivity index is 1.76. The molecule has 2 rings (SSSR count). The third kappa shape index (κ3) is 3.06. The van der Waals surface area contributed by atoms with Crippen molar-refractivity contribution in [2.24, 2.45) is 0 Å². The molecule has 2 unspecified atom stereocenters. The van der Waals surface area contributed by atoms with Gasteiger partial charge in [-0.25, -0.2) is 0 Å². The first-order valence-electron chi connectivity index (χ1n) is 6.00. The van der Waals surface area contributed by atoms with Crippen molar-refractivity contribution in [2.45, 2.75) is 51.4 Å². The molecule has 2 atom stereocenters. The molecule has 1 saturated heterocycles. The highest BCUT2D eigenvalue weighted by molar-refractivity contribution is 7.07. The molecule has 0 radical (unpaired) electrons. The van der Waals surface area contributed by atoms with Gasteiger partial charge in [0.1, 0.15) is 0 Å². The lowest BCUT2D eigenvalue weighted by atomic mass is 10.1. The van der Waals surface area contributed by atoms with Crippen molar-refractivity contribution >= 4 is 11.3 Å². The molecule has 1 aliphatic rings. The highest BCUT2D eigenvalue weighted by atomic mass is 32.1. The van der Waals surface area contributed by atoms with Gasteiger partial charge < -0.3 is 10.1 Å². The predicted molar refractivity (Wildman–Crippen MR) is 68.9 cm³/mol. The van der Waals surface area contributed by atoms with E-state index in [1.807, 2.05) is 0 Å². The molecule has 1 N–H and O–H groups in total. The van der Waals surface area contributed by atoms with Gasteiger partial charge in [-0.15, -0.1) is 0 Å². The summed E-state index contributed by atoms with van der Waals surface area (Å²) in [6.07, 6.45) is 2.74. The fourth-order valence-electron chi connectivity index (χ4n) is 2.17. The number of thiophene rings is 1. The SMILES string of the molecule is CC(NCC1CCC(C)(C)O1)c1ccsc1. The molecule has 1 aromatic heterocycles. The number of nitrogens with one attached hydrogen (secondary N) is 1. The Kier molecular flexibility index (Phi) is 3.67. The first kappa shape index (κ1) is 12.1. The van der Waals surface area contributed by atoms with Crippen LogP contribution in [0, 0.1) is 0 Å². The van der Waals surface area contributed by atoms with Crippen molar-refractivity contribution in [2.75, 3.05) is 6.54 Å². The van der Waals surface area contributed by atoms with E-state index in [1.165, 1.54) is 18.4 Å². The van der Waals surface area contributed by atoms with Crippen LogP contribution < -0.4 is 5.32 Å². The van der Waals surface area contributed by atoms with Gasteiger partial charge in [0.2, 0.25) is 0 Å². The van der Waals surface area contributed by atoms with E-state index in [9.17, 15) is 0 Å². The number of hydrogen-bond donors (Lipinski definition) is 1. The van der Waals surface area contributed by atoms with Crippen LogP contribution in [0.25, 0.3) is 0 Å². The summed E-state index contributed by atoms with van der Waals surface area (Å²) in [6, 6.07) is 2.61. The minimum atomic E-state index is 0.0813. The van der Waals surface area contributed by atoms with Gasteiger partial charge in [-0.2, -0.15) is 11.3 Å². The molecule has 0 aromatic carbocycles. The van der Waals surface area contributed by atoms with E-state index < -0.39 is 0 Å². The summed E-state index contributed by atoms with van der Waals surface area (Å²) in [6.45, 7) is 7.52. The first-order chi connectivity index (χ1) is 7.57. The van der Waals surface area contributed by atoms with E-state index >= 15 is 0 Å². The summed E-state index contributed by atoms with van der Waals surface area (Å²) < 4.78 is 5.96. The molecule has 3 heteroatoms. The third-order valence-electron chi connectivity index (χ3n) is 3.25. The van der Waals surface area contributed by atoms with Gasteiger partial charge in [-0.3, -0.25) is 0 Å². The van der Waals surface area contributed by atoms with E-state index in [0.29, 0.717) is 12.1 Å². The lowest BCUT2D eigenvalue weighted by Crippen LogP contribution is -2.30. The van der Waals surface area contributed by atoms with Crippen molar-refractivity contribution in [3.63, 3.8) is 0 Å². The van der Waals surface area contributed by atoms with Gasteiger partial charge in [0.05, 0.1) is 11.7 Å². The maximum atomic E-state index is 5.96. The summed E-state index contributed by atoms with van der Waals surface area (Å²) in [5, 5.41) is 7.88. The lowest BCUT2D eigenvalue weighted by Gasteiger charge is -2.21. The van der Waals surface area contributed by atoms with Crippen LogP contribution in [-0.4, -0.2) is 18.2 Å². The zero-order valence-electron chi connectivity index (χ0n) is 10.3. The molecule has 90 valence electrons. The molecular weight excluding hydrogens is 218 g/mol. The van der Waals surface area contributed by atoms with Crippen LogP contribution in [0.2, 0.25) is 0 Å². The van der Waals surface area contributed by atoms with Crippen LogP contribution in [0.1, 0.15) is 45.2 Å². The van der Waals surface area contributed by atoms with E-state index in [1.54, 1.807) is 11.3 Å². The number of rotatable bonds is 4. The topological polar surface area (TPSA) is 21.3 Å². The van der Waals surface area contributed by atoms with Gasteiger partial charge in [0, 0.05) is 12.6 Å². The van der Waals surface area contributed by atoms with Crippen LogP contribution in [0.5, 0.6) is 0 Å². The molecule has 16 heavy (non-hydrogen) atoms. The Morgan fingerprint density at radius 2 is 2.44 bits per heavy atom. The zero-order valence-corrected chi connectivity index (χ0v) is 11.1. The molecule has 0 bridgehead atoms. The van der Waals surface area contributed by atoms with Gasteiger partial charge in [0.15, 0.2) is 0 Å². The standard InChI is InChI=1S/C13H21NOS/c1-10(11-5-7-16-9-11)14-8-12-4-6-13(2,3)15-12/h5,7,9-10,12,14H,4,6,8H2,1-3H3. The van der Waals surface area contributed by atoms with E-state index in [0.717, 1.165) is 6.54 Å². The Morgan fingerprint density at radius 1 is 1.62 bits per heavy atom. The molecular formula is C13H21NOS. The van der Waals surface area contributed by atoms with Crippen LogP contribution in [-0.2, 0) is 4.74 Å². The lowest BCUT2D eigenvalue weighted by molar-refractivity contribution is -0.0150. The van der Waals surface area contributed by atoms with Gasteiger partial charge >= 0.3 is 0 Å². The highest BCUT2D eigenvalue weighted by Gasteiger charge is 2.31. The number of ether oxygens (including phenoxy) is 1. The molecule has 0 spiro atoms. The Morgan fingerprint density at radius 3 is 3.00 bits per heavy atom. The summed E-state index contributed by atoms with van der Waals surface area (Å²) >= 11 is 1.75. The van der Waals surface area contributed by atoms with Gasteiger partial charge in [0.25, 0.3) is 0 Å². The van der Waals surface area contributed by atoms with Crippen LogP contribution in [0.3, 0.4) is 0 Å². The molecule has 1 fully saturated rings. The van der Waals surface area contributed by atoms with Crippen molar-refractivity contribution in [1.29, 1.82) is 0 Å². The first-order valence-corrected chi connectivity index (χ1v) is 6.94. The van der Waals surface area contributed by atoms with E-state index in [-0.39, 0.29) is 5.60 Å². The van der Waals surface area contributed by atoms with Crippen molar-refractivity contribution in [1.82, 2.24) is 5.32 Å². The molecule has 0 saturated carbocycles. The predicted octanol–water partition coefficient (Wildman–Crippen LogP) is 3.36.